The van der Waals surface area contributed by atoms with Crippen LogP contribution in [0.5, 0.6) is 11.5 Å². The summed E-state index contributed by atoms with van der Waals surface area (Å²) in [5, 5.41) is 0. The molecule has 6 heteroatoms. The van der Waals surface area contributed by atoms with Gasteiger partial charge < -0.3 is 19.1 Å². The number of carbonyl (C=O) groups is 2. The van der Waals surface area contributed by atoms with E-state index in [0.29, 0.717) is 11.5 Å². The molecule has 6 nitrogen and oxygen atoms in total. The van der Waals surface area contributed by atoms with Gasteiger partial charge in [-0.15, -0.1) is 0 Å². The van der Waals surface area contributed by atoms with E-state index in [4.69, 9.17) is 14.2 Å². The summed E-state index contributed by atoms with van der Waals surface area (Å²) in [4.78, 5) is 26.2. The molecule has 0 saturated carbocycles. The van der Waals surface area contributed by atoms with Gasteiger partial charge in [-0.3, -0.25) is 4.79 Å². The van der Waals surface area contributed by atoms with Gasteiger partial charge in [0.05, 0.1) is 0 Å². The van der Waals surface area contributed by atoms with Crippen molar-refractivity contribution in [3.05, 3.63) is 59.7 Å². The molecule has 2 aromatic carbocycles. The molecule has 2 aliphatic rings. The molecule has 0 spiro atoms. The highest BCUT2D eigenvalue weighted by atomic mass is 16.7. The first-order valence-electron chi connectivity index (χ1n) is 8.76. The molecule has 2 aliphatic heterocycles. The first kappa shape index (κ1) is 17.1. The molecule has 4 rings (SSSR count). The molecule has 0 aliphatic carbocycles. The van der Waals surface area contributed by atoms with Crippen LogP contribution in [-0.4, -0.2) is 31.3 Å². The topological polar surface area (TPSA) is 65.1 Å². The Labute approximate surface area is 156 Å². The third kappa shape index (κ3) is 3.51. The lowest BCUT2D eigenvalue weighted by atomic mass is 10.1. The smallest absolute Gasteiger partial charge is 0.331 e. The molecule has 0 saturated heterocycles. The molecular formula is C21H19NO5. The lowest BCUT2D eigenvalue weighted by Gasteiger charge is -2.22. The van der Waals surface area contributed by atoms with Gasteiger partial charge in [0.2, 0.25) is 6.79 Å². The maximum absolute atomic E-state index is 12.5. The van der Waals surface area contributed by atoms with Gasteiger partial charge >= 0.3 is 5.97 Å². The van der Waals surface area contributed by atoms with Crippen molar-refractivity contribution in [1.82, 2.24) is 0 Å². The van der Waals surface area contributed by atoms with Gasteiger partial charge in [-0.1, -0.05) is 24.3 Å². The molecule has 1 amide bonds. The number of para-hydroxylation sites is 1. The van der Waals surface area contributed by atoms with Gasteiger partial charge in [0.1, 0.15) is 0 Å². The van der Waals surface area contributed by atoms with Gasteiger partial charge in [-0.2, -0.15) is 0 Å². The monoisotopic (exact) mass is 365 g/mol. The van der Waals surface area contributed by atoms with Gasteiger partial charge in [-0.25, -0.2) is 4.79 Å². The molecule has 27 heavy (non-hydrogen) atoms. The van der Waals surface area contributed by atoms with Crippen molar-refractivity contribution >= 4 is 23.6 Å². The number of fused-ring (bicyclic) bond motifs is 2. The fourth-order valence-electron chi connectivity index (χ4n) is 3.38. The maximum Gasteiger partial charge on any atom is 0.331 e. The Balaban J connectivity index is 1.35. The number of anilines is 1. The largest absolute Gasteiger partial charge is 0.454 e. The van der Waals surface area contributed by atoms with E-state index in [9.17, 15) is 9.59 Å². The van der Waals surface area contributed by atoms with E-state index in [1.54, 1.807) is 23.1 Å². The lowest BCUT2D eigenvalue weighted by Crippen LogP contribution is -2.38. The zero-order chi connectivity index (χ0) is 18.8. The Morgan fingerprint density at radius 2 is 2.00 bits per heavy atom. The summed E-state index contributed by atoms with van der Waals surface area (Å²) in [6.07, 6.45) is 3.72. The minimum atomic E-state index is -0.568. The Hall–Kier alpha value is -3.28. The Bertz CT molecular complexity index is 921. The Kier molecular flexibility index (Phi) is 4.54. The molecule has 0 unspecified atom stereocenters. The summed E-state index contributed by atoms with van der Waals surface area (Å²) >= 11 is 0. The minimum absolute atomic E-state index is 0.0535. The second kappa shape index (κ2) is 7.15. The van der Waals surface area contributed by atoms with Gasteiger partial charge in [0, 0.05) is 17.8 Å². The van der Waals surface area contributed by atoms with Crippen molar-refractivity contribution in [3.8, 4) is 11.5 Å². The molecular weight excluding hydrogens is 346 g/mol. The number of hydrogen-bond acceptors (Lipinski definition) is 5. The van der Waals surface area contributed by atoms with E-state index in [1.165, 1.54) is 6.08 Å². The summed E-state index contributed by atoms with van der Waals surface area (Å²) in [5.74, 6) is 0.529. The highest BCUT2D eigenvalue weighted by molar-refractivity contribution is 5.98. The number of carbonyl (C=O) groups excluding carboxylic acids is 2. The van der Waals surface area contributed by atoms with Crippen molar-refractivity contribution in [2.45, 2.75) is 19.4 Å². The van der Waals surface area contributed by atoms with E-state index in [0.717, 1.165) is 23.2 Å². The second-order valence-corrected chi connectivity index (χ2v) is 6.50. The summed E-state index contributed by atoms with van der Waals surface area (Å²) in [6.45, 7) is 1.90. The van der Waals surface area contributed by atoms with E-state index >= 15 is 0 Å². The summed E-state index contributed by atoms with van der Waals surface area (Å²) in [7, 11) is 0. The van der Waals surface area contributed by atoms with Crippen LogP contribution in [-0.2, 0) is 20.7 Å². The average Bonchev–Trinajstić information content (AvgIpc) is 3.27. The number of nitrogens with zero attached hydrogens (tertiary/aromatic N) is 1. The van der Waals surface area contributed by atoms with Crippen LogP contribution in [0.15, 0.2) is 48.5 Å². The van der Waals surface area contributed by atoms with E-state index in [-0.39, 0.29) is 25.3 Å². The minimum Gasteiger partial charge on any atom is -0.454 e. The van der Waals surface area contributed by atoms with Crippen LogP contribution in [0.1, 0.15) is 18.1 Å². The first-order valence-corrected chi connectivity index (χ1v) is 8.76. The SMILES string of the molecule is C[C@@H]1Cc2ccccc2N1C(=O)COC(=O)/C=C/c1ccc2c(c1)OCO2. The van der Waals surface area contributed by atoms with Crippen LogP contribution < -0.4 is 14.4 Å². The molecule has 1 atom stereocenters. The van der Waals surface area contributed by atoms with Crippen molar-refractivity contribution < 1.29 is 23.8 Å². The van der Waals surface area contributed by atoms with Crippen molar-refractivity contribution in [3.63, 3.8) is 0 Å². The van der Waals surface area contributed by atoms with Crippen molar-refractivity contribution in [1.29, 1.82) is 0 Å². The predicted molar refractivity (Wildman–Crippen MR) is 99.7 cm³/mol. The second-order valence-electron chi connectivity index (χ2n) is 6.50. The van der Waals surface area contributed by atoms with Crippen molar-refractivity contribution in [2.24, 2.45) is 0 Å². The van der Waals surface area contributed by atoms with Crippen molar-refractivity contribution in [2.75, 3.05) is 18.3 Å². The van der Waals surface area contributed by atoms with Crippen LogP contribution >= 0.6 is 0 Å². The molecule has 0 aromatic heterocycles. The number of ether oxygens (including phenoxy) is 3. The highest BCUT2D eigenvalue weighted by Gasteiger charge is 2.30. The predicted octanol–water partition coefficient (Wildman–Crippen LogP) is 2.95. The lowest BCUT2D eigenvalue weighted by molar-refractivity contribution is -0.143. The molecule has 0 radical (unpaired) electrons. The molecule has 0 N–H and O–H groups in total. The van der Waals surface area contributed by atoms with Crippen LogP contribution in [0.25, 0.3) is 6.08 Å². The van der Waals surface area contributed by atoms with Gasteiger partial charge in [0.15, 0.2) is 18.1 Å². The van der Waals surface area contributed by atoms with Gasteiger partial charge in [0.25, 0.3) is 5.91 Å². The van der Waals surface area contributed by atoms with E-state index < -0.39 is 5.97 Å². The van der Waals surface area contributed by atoms with Gasteiger partial charge in [-0.05, 0) is 48.7 Å². The number of hydrogen-bond donors (Lipinski definition) is 0. The average molecular weight is 365 g/mol. The molecule has 0 bridgehead atoms. The normalized spacial score (nSPS) is 17.2. The fraction of sp³-hybridized carbons (Fsp3) is 0.238. The number of esters is 1. The van der Waals surface area contributed by atoms with Crippen LogP contribution in [0.3, 0.4) is 0 Å². The van der Waals surface area contributed by atoms with Crippen LogP contribution in [0.2, 0.25) is 0 Å². The Morgan fingerprint density at radius 1 is 1.19 bits per heavy atom. The zero-order valence-corrected chi connectivity index (χ0v) is 14.9. The van der Waals surface area contributed by atoms with E-state index in [2.05, 4.69) is 0 Å². The third-order valence-corrected chi connectivity index (χ3v) is 4.62. The molecule has 0 fully saturated rings. The quantitative estimate of drug-likeness (QED) is 0.616. The fourth-order valence-corrected chi connectivity index (χ4v) is 3.38. The standard InChI is InChI=1S/C21H19NO5/c1-14-10-16-4-2-3-5-17(16)22(14)20(23)12-25-21(24)9-7-15-6-8-18-19(11-15)27-13-26-18/h2-9,11,14H,10,12-13H2,1H3/b9-7+/t14-/m1/s1. The summed E-state index contributed by atoms with van der Waals surface area (Å²) < 4.78 is 15.7. The highest BCUT2D eigenvalue weighted by Crippen LogP contribution is 2.33. The Morgan fingerprint density at radius 3 is 2.89 bits per heavy atom. The number of benzene rings is 2. The molecule has 2 aromatic rings. The third-order valence-electron chi connectivity index (χ3n) is 4.62. The summed E-state index contributed by atoms with van der Waals surface area (Å²) in [6, 6.07) is 13.2. The molecule has 2 heterocycles. The number of amides is 1. The van der Waals surface area contributed by atoms with Crippen LogP contribution in [0.4, 0.5) is 5.69 Å². The maximum atomic E-state index is 12.5. The first-order chi connectivity index (χ1) is 13.1. The number of rotatable bonds is 4. The zero-order valence-electron chi connectivity index (χ0n) is 14.9. The molecule has 138 valence electrons. The van der Waals surface area contributed by atoms with Crippen LogP contribution in [0, 0.1) is 0 Å². The van der Waals surface area contributed by atoms with E-state index in [1.807, 2.05) is 37.3 Å². The summed E-state index contributed by atoms with van der Waals surface area (Å²) in [5.41, 5.74) is 2.80.